The molecule has 0 bridgehead atoms. The summed E-state index contributed by atoms with van der Waals surface area (Å²) in [5.74, 6) is 0.536. The monoisotopic (exact) mass is 279 g/mol. The fourth-order valence-corrected chi connectivity index (χ4v) is 2.75. The lowest BCUT2D eigenvalue weighted by Crippen LogP contribution is -2.39. The van der Waals surface area contributed by atoms with E-state index in [2.05, 4.69) is 0 Å². The summed E-state index contributed by atoms with van der Waals surface area (Å²) in [6.07, 6.45) is 1.54. The van der Waals surface area contributed by atoms with Crippen molar-refractivity contribution < 1.29 is 18.7 Å². The first-order valence-corrected chi connectivity index (χ1v) is 7.02. The van der Waals surface area contributed by atoms with Gasteiger partial charge in [-0.1, -0.05) is 0 Å². The van der Waals surface area contributed by atoms with Crippen molar-refractivity contribution in [3.63, 3.8) is 0 Å². The minimum atomic E-state index is -0.298. The summed E-state index contributed by atoms with van der Waals surface area (Å²) in [4.78, 5) is 14.3. The Morgan fingerprint density at radius 2 is 2.05 bits per heavy atom. The molecule has 1 aromatic carbocycles. The van der Waals surface area contributed by atoms with Crippen LogP contribution >= 0.6 is 0 Å². The van der Waals surface area contributed by atoms with Crippen LogP contribution in [0.3, 0.4) is 0 Å². The van der Waals surface area contributed by atoms with Gasteiger partial charge in [-0.3, -0.25) is 4.79 Å². The highest BCUT2D eigenvalue weighted by Crippen LogP contribution is 2.26. The van der Waals surface area contributed by atoms with Gasteiger partial charge in [0, 0.05) is 31.2 Å². The Hall–Kier alpha value is -1.62. The summed E-state index contributed by atoms with van der Waals surface area (Å²) in [6, 6.07) is 4.47. The summed E-state index contributed by atoms with van der Waals surface area (Å²) >= 11 is 0. The van der Waals surface area contributed by atoms with E-state index in [-0.39, 0.29) is 17.6 Å². The second-order valence-corrected chi connectivity index (χ2v) is 5.25. The lowest BCUT2D eigenvalue weighted by molar-refractivity contribution is -0.139. The zero-order chi connectivity index (χ0) is 13.9. The van der Waals surface area contributed by atoms with Crippen molar-refractivity contribution in [2.24, 2.45) is 5.92 Å². The van der Waals surface area contributed by atoms with Crippen LogP contribution in [0.5, 0.6) is 5.75 Å². The van der Waals surface area contributed by atoms with Gasteiger partial charge in [0.05, 0.1) is 6.54 Å². The maximum atomic E-state index is 13.3. The molecule has 1 aromatic rings. The molecule has 0 aromatic heterocycles. The number of ether oxygens (including phenoxy) is 2. The Labute approximate surface area is 117 Å². The minimum Gasteiger partial charge on any atom is -0.491 e. The number of benzene rings is 1. The molecule has 0 N–H and O–H groups in total. The van der Waals surface area contributed by atoms with E-state index >= 15 is 0 Å². The molecule has 0 saturated carbocycles. The molecular weight excluding hydrogens is 261 g/mol. The molecule has 0 spiro atoms. The van der Waals surface area contributed by atoms with Gasteiger partial charge in [-0.2, -0.15) is 0 Å². The third kappa shape index (κ3) is 2.77. The van der Waals surface area contributed by atoms with Crippen LogP contribution in [0.2, 0.25) is 0 Å². The highest BCUT2D eigenvalue weighted by atomic mass is 19.1. The smallest absolute Gasteiger partial charge is 0.226 e. The molecule has 108 valence electrons. The van der Waals surface area contributed by atoms with E-state index in [9.17, 15) is 9.18 Å². The molecule has 1 saturated heterocycles. The molecule has 0 aliphatic carbocycles. The number of halogens is 1. The van der Waals surface area contributed by atoms with Gasteiger partial charge in [-0.05, 0) is 31.0 Å². The van der Waals surface area contributed by atoms with Crippen molar-refractivity contribution in [1.29, 1.82) is 0 Å². The molecule has 2 aliphatic rings. The number of nitrogens with zero attached hydrogens (tertiary/aromatic N) is 1. The van der Waals surface area contributed by atoms with Crippen molar-refractivity contribution >= 4 is 5.91 Å². The van der Waals surface area contributed by atoms with Crippen molar-refractivity contribution in [1.82, 2.24) is 4.90 Å². The molecule has 5 heteroatoms. The fourth-order valence-electron chi connectivity index (χ4n) is 2.75. The summed E-state index contributed by atoms with van der Waals surface area (Å²) in [6.45, 7) is 2.71. The SMILES string of the molecule is O=C(C1CCOCC1)N1CCOc2ccc(F)cc2C1. The van der Waals surface area contributed by atoms with E-state index in [1.165, 1.54) is 12.1 Å². The fraction of sp³-hybridized carbons (Fsp3) is 0.533. The molecule has 2 aliphatic heterocycles. The Kier molecular flexibility index (Phi) is 3.87. The van der Waals surface area contributed by atoms with Gasteiger partial charge in [-0.15, -0.1) is 0 Å². The van der Waals surface area contributed by atoms with Crippen LogP contribution in [0.1, 0.15) is 18.4 Å². The second kappa shape index (κ2) is 5.79. The Morgan fingerprint density at radius 1 is 1.25 bits per heavy atom. The van der Waals surface area contributed by atoms with Crippen LogP contribution in [-0.4, -0.2) is 37.2 Å². The largest absolute Gasteiger partial charge is 0.491 e. The van der Waals surface area contributed by atoms with Gasteiger partial charge in [0.2, 0.25) is 5.91 Å². The normalized spacial score (nSPS) is 19.9. The van der Waals surface area contributed by atoms with Gasteiger partial charge >= 0.3 is 0 Å². The van der Waals surface area contributed by atoms with E-state index in [0.717, 1.165) is 18.4 Å². The summed E-state index contributed by atoms with van der Waals surface area (Å²) < 4.78 is 24.2. The van der Waals surface area contributed by atoms with Crippen LogP contribution in [-0.2, 0) is 16.1 Å². The number of amides is 1. The molecule has 1 fully saturated rings. The van der Waals surface area contributed by atoms with E-state index in [1.807, 2.05) is 0 Å². The number of fused-ring (bicyclic) bond motifs is 1. The maximum absolute atomic E-state index is 13.3. The zero-order valence-corrected chi connectivity index (χ0v) is 11.3. The molecule has 0 atom stereocenters. The number of hydrogen-bond acceptors (Lipinski definition) is 3. The first-order valence-electron chi connectivity index (χ1n) is 7.02. The summed E-state index contributed by atoms with van der Waals surface area (Å²) in [5.41, 5.74) is 0.739. The Morgan fingerprint density at radius 3 is 2.85 bits per heavy atom. The summed E-state index contributed by atoms with van der Waals surface area (Å²) in [7, 11) is 0. The Bertz CT molecular complexity index is 500. The number of rotatable bonds is 1. The standard InChI is InChI=1S/C15H18FNO3/c16-13-1-2-14-12(9-13)10-17(5-8-20-14)15(18)11-3-6-19-7-4-11/h1-2,9,11H,3-8,10H2. The van der Waals surface area contributed by atoms with E-state index < -0.39 is 0 Å². The lowest BCUT2D eigenvalue weighted by Gasteiger charge is -2.28. The summed E-state index contributed by atoms with van der Waals surface area (Å²) in [5, 5.41) is 0. The van der Waals surface area contributed by atoms with Crippen molar-refractivity contribution in [2.45, 2.75) is 19.4 Å². The van der Waals surface area contributed by atoms with Gasteiger partial charge in [0.15, 0.2) is 0 Å². The molecule has 3 rings (SSSR count). The molecule has 4 nitrogen and oxygen atoms in total. The van der Waals surface area contributed by atoms with Crippen LogP contribution in [0.4, 0.5) is 4.39 Å². The number of carbonyl (C=O) groups is 1. The molecular formula is C15H18FNO3. The average molecular weight is 279 g/mol. The van der Waals surface area contributed by atoms with Crippen LogP contribution < -0.4 is 4.74 Å². The first-order chi connectivity index (χ1) is 9.74. The topological polar surface area (TPSA) is 38.8 Å². The van der Waals surface area contributed by atoms with Crippen molar-refractivity contribution in [3.8, 4) is 5.75 Å². The predicted octanol–water partition coefficient (Wildman–Crippen LogP) is 1.97. The quantitative estimate of drug-likeness (QED) is 0.789. The average Bonchev–Trinajstić information content (AvgIpc) is 2.69. The molecule has 20 heavy (non-hydrogen) atoms. The van der Waals surface area contributed by atoms with E-state index in [0.29, 0.717) is 38.7 Å². The third-order valence-corrected chi connectivity index (χ3v) is 3.88. The molecule has 2 heterocycles. The van der Waals surface area contributed by atoms with Gasteiger partial charge in [0.25, 0.3) is 0 Å². The molecule has 1 amide bonds. The van der Waals surface area contributed by atoms with Gasteiger partial charge < -0.3 is 14.4 Å². The van der Waals surface area contributed by atoms with Crippen molar-refractivity contribution in [3.05, 3.63) is 29.6 Å². The highest BCUT2D eigenvalue weighted by Gasteiger charge is 2.28. The molecule has 0 unspecified atom stereocenters. The predicted molar refractivity (Wildman–Crippen MR) is 70.9 cm³/mol. The van der Waals surface area contributed by atoms with Gasteiger partial charge in [0.1, 0.15) is 18.2 Å². The van der Waals surface area contributed by atoms with Crippen LogP contribution in [0.25, 0.3) is 0 Å². The first kappa shape index (κ1) is 13.4. The van der Waals surface area contributed by atoms with Crippen LogP contribution in [0.15, 0.2) is 18.2 Å². The zero-order valence-electron chi connectivity index (χ0n) is 11.3. The number of carbonyl (C=O) groups excluding carboxylic acids is 1. The molecule has 0 radical (unpaired) electrons. The van der Waals surface area contributed by atoms with Crippen LogP contribution in [0, 0.1) is 11.7 Å². The third-order valence-electron chi connectivity index (χ3n) is 3.88. The van der Waals surface area contributed by atoms with E-state index in [1.54, 1.807) is 11.0 Å². The maximum Gasteiger partial charge on any atom is 0.226 e. The Balaban J connectivity index is 1.75. The second-order valence-electron chi connectivity index (χ2n) is 5.25. The lowest BCUT2D eigenvalue weighted by atomic mass is 9.98. The van der Waals surface area contributed by atoms with Gasteiger partial charge in [-0.25, -0.2) is 4.39 Å². The minimum absolute atomic E-state index is 0.0267. The highest BCUT2D eigenvalue weighted by molar-refractivity contribution is 5.79. The van der Waals surface area contributed by atoms with Crippen molar-refractivity contribution in [2.75, 3.05) is 26.4 Å². The van der Waals surface area contributed by atoms with E-state index in [4.69, 9.17) is 9.47 Å². The number of hydrogen-bond donors (Lipinski definition) is 0.